The first-order valence-corrected chi connectivity index (χ1v) is 6.07. The van der Waals surface area contributed by atoms with Gasteiger partial charge in [0.15, 0.2) is 11.6 Å². The fourth-order valence-electron chi connectivity index (χ4n) is 1.49. The lowest BCUT2D eigenvalue weighted by Gasteiger charge is -2.23. The smallest absolute Gasteiger partial charge is 0.167 e. The lowest BCUT2D eigenvalue weighted by Crippen LogP contribution is -2.27. The Bertz CT molecular complexity index is 391. The second-order valence-corrected chi connectivity index (χ2v) is 4.81. The standard InChI is InChI=1S/C12H12O2S/c1-8(13)9-2-4-10(5-3-9)12(14)11-6-15-7-11/h2-5,11H,6-7H2,1H3. The normalized spacial score (nSPS) is 15.8. The Hall–Kier alpha value is -1.09. The van der Waals surface area contributed by atoms with Crippen molar-refractivity contribution in [2.45, 2.75) is 6.92 Å². The van der Waals surface area contributed by atoms with Gasteiger partial charge in [0.25, 0.3) is 0 Å². The van der Waals surface area contributed by atoms with Crippen LogP contribution in [0.2, 0.25) is 0 Å². The van der Waals surface area contributed by atoms with Crippen molar-refractivity contribution in [3.8, 4) is 0 Å². The molecule has 78 valence electrons. The summed E-state index contributed by atoms with van der Waals surface area (Å²) in [5.74, 6) is 2.32. The average Bonchev–Trinajstić information content (AvgIpc) is 2.15. The Morgan fingerprint density at radius 3 is 2.07 bits per heavy atom. The molecule has 0 spiro atoms. The molecule has 2 nitrogen and oxygen atoms in total. The molecule has 0 aromatic heterocycles. The van der Waals surface area contributed by atoms with Crippen molar-refractivity contribution < 1.29 is 9.59 Å². The van der Waals surface area contributed by atoms with Crippen molar-refractivity contribution in [3.05, 3.63) is 35.4 Å². The SMILES string of the molecule is CC(=O)c1ccc(C(=O)C2CSC2)cc1. The highest BCUT2D eigenvalue weighted by Gasteiger charge is 2.26. The van der Waals surface area contributed by atoms with E-state index in [2.05, 4.69) is 0 Å². The van der Waals surface area contributed by atoms with Gasteiger partial charge in [0.2, 0.25) is 0 Å². The molecule has 0 aliphatic carbocycles. The second kappa shape index (κ2) is 4.19. The minimum absolute atomic E-state index is 0.0354. The highest BCUT2D eigenvalue weighted by Crippen LogP contribution is 2.27. The molecule has 0 bridgehead atoms. The van der Waals surface area contributed by atoms with Crippen LogP contribution in [0.3, 0.4) is 0 Å². The number of thioether (sulfide) groups is 1. The molecule has 0 radical (unpaired) electrons. The van der Waals surface area contributed by atoms with E-state index in [0.29, 0.717) is 5.56 Å². The summed E-state index contributed by atoms with van der Waals surface area (Å²) in [5.41, 5.74) is 1.39. The van der Waals surface area contributed by atoms with E-state index in [4.69, 9.17) is 0 Å². The number of carbonyl (C=O) groups excluding carboxylic acids is 2. The minimum atomic E-state index is 0.0354. The van der Waals surface area contributed by atoms with E-state index in [-0.39, 0.29) is 17.5 Å². The molecule has 0 atom stereocenters. The number of rotatable bonds is 3. The van der Waals surface area contributed by atoms with Gasteiger partial charge >= 0.3 is 0 Å². The summed E-state index contributed by atoms with van der Waals surface area (Å²) in [4.78, 5) is 22.8. The van der Waals surface area contributed by atoms with Gasteiger partial charge in [-0.2, -0.15) is 11.8 Å². The zero-order chi connectivity index (χ0) is 10.8. The van der Waals surface area contributed by atoms with Gasteiger partial charge in [-0.25, -0.2) is 0 Å². The first-order valence-electron chi connectivity index (χ1n) is 4.91. The predicted octanol–water partition coefficient (Wildman–Crippen LogP) is 2.43. The molecular formula is C12H12O2S. The molecule has 0 unspecified atom stereocenters. The molecular weight excluding hydrogens is 208 g/mol. The van der Waals surface area contributed by atoms with E-state index >= 15 is 0 Å². The summed E-state index contributed by atoms with van der Waals surface area (Å²) >= 11 is 1.80. The van der Waals surface area contributed by atoms with Crippen LogP contribution in [0.25, 0.3) is 0 Å². The Morgan fingerprint density at radius 1 is 1.13 bits per heavy atom. The van der Waals surface area contributed by atoms with Gasteiger partial charge < -0.3 is 0 Å². The van der Waals surface area contributed by atoms with Crippen LogP contribution in [0, 0.1) is 5.92 Å². The van der Waals surface area contributed by atoms with Crippen molar-refractivity contribution in [1.29, 1.82) is 0 Å². The van der Waals surface area contributed by atoms with Crippen molar-refractivity contribution in [2.75, 3.05) is 11.5 Å². The monoisotopic (exact) mass is 220 g/mol. The summed E-state index contributed by atoms with van der Waals surface area (Å²) in [6.45, 7) is 1.53. The van der Waals surface area contributed by atoms with Gasteiger partial charge in [-0.15, -0.1) is 0 Å². The van der Waals surface area contributed by atoms with E-state index in [1.54, 1.807) is 36.0 Å². The zero-order valence-corrected chi connectivity index (χ0v) is 9.34. The second-order valence-electron chi connectivity index (χ2n) is 3.73. The van der Waals surface area contributed by atoms with Crippen LogP contribution in [0.1, 0.15) is 27.6 Å². The molecule has 0 amide bonds. The number of benzene rings is 1. The quantitative estimate of drug-likeness (QED) is 0.734. The predicted molar refractivity (Wildman–Crippen MR) is 61.6 cm³/mol. The third-order valence-electron chi connectivity index (χ3n) is 2.58. The molecule has 3 heteroatoms. The van der Waals surface area contributed by atoms with Gasteiger partial charge in [0, 0.05) is 28.6 Å². The van der Waals surface area contributed by atoms with Crippen LogP contribution >= 0.6 is 11.8 Å². The number of hydrogen-bond donors (Lipinski definition) is 0. The fraction of sp³-hybridized carbons (Fsp3) is 0.333. The molecule has 0 N–H and O–H groups in total. The Labute approximate surface area is 93.1 Å². The molecule has 2 rings (SSSR count). The summed E-state index contributed by atoms with van der Waals surface area (Å²) < 4.78 is 0. The maximum atomic E-state index is 11.8. The van der Waals surface area contributed by atoms with E-state index in [0.717, 1.165) is 17.1 Å². The first kappa shape index (κ1) is 10.4. The van der Waals surface area contributed by atoms with Gasteiger partial charge in [-0.05, 0) is 6.92 Å². The number of carbonyl (C=O) groups is 2. The summed E-state index contributed by atoms with van der Waals surface area (Å²) in [5, 5.41) is 0. The highest BCUT2D eigenvalue weighted by atomic mass is 32.2. The zero-order valence-electron chi connectivity index (χ0n) is 8.53. The minimum Gasteiger partial charge on any atom is -0.295 e. The number of Topliss-reactive ketones (excluding diaryl/α,β-unsaturated/α-hetero) is 2. The molecule has 1 aromatic rings. The molecule has 1 aromatic carbocycles. The van der Waals surface area contributed by atoms with Gasteiger partial charge in [-0.3, -0.25) is 9.59 Å². The maximum absolute atomic E-state index is 11.8. The van der Waals surface area contributed by atoms with Gasteiger partial charge in [-0.1, -0.05) is 24.3 Å². The van der Waals surface area contributed by atoms with E-state index < -0.39 is 0 Å². The van der Waals surface area contributed by atoms with Crippen LogP contribution in [0.15, 0.2) is 24.3 Å². The third-order valence-corrected chi connectivity index (χ3v) is 3.86. The lowest BCUT2D eigenvalue weighted by molar-refractivity contribution is 0.0937. The Balaban J connectivity index is 2.15. The Morgan fingerprint density at radius 2 is 1.67 bits per heavy atom. The van der Waals surface area contributed by atoms with Crippen LogP contribution in [0.4, 0.5) is 0 Å². The van der Waals surface area contributed by atoms with Crippen LogP contribution in [-0.4, -0.2) is 23.1 Å². The third kappa shape index (κ3) is 2.12. The summed E-state index contributed by atoms with van der Waals surface area (Å²) in [6, 6.07) is 6.95. The highest BCUT2D eigenvalue weighted by molar-refractivity contribution is 8.00. The molecule has 15 heavy (non-hydrogen) atoms. The molecule has 1 aliphatic rings. The fourth-order valence-corrected chi connectivity index (χ4v) is 2.27. The van der Waals surface area contributed by atoms with Gasteiger partial charge in [0.05, 0.1) is 0 Å². The van der Waals surface area contributed by atoms with Crippen LogP contribution < -0.4 is 0 Å². The van der Waals surface area contributed by atoms with E-state index in [1.807, 2.05) is 0 Å². The molecule has 1 fully saturated rings. The van der Waals surface area contributed by atoms with Crippen molar-refractivity contribution in [1.82, 2.24) is 0 Å². The summed E-state index contributed by atoms with van der Waals surface area (Å²) in [7, 11) is 0. The van der Waals surface area contributed by atoms with Crippen molar-refractivity contribution >= 4 is 23.3 Å². The molecule has 1 heterocycles. The van der Waals surface area contributed by atoms with Crippen molar-refractivity contribution in [2.24, 2.45) is 5.92 Å². The van der Waals surface area contributed by atoms with Crippen LogP contribution in [-0.2, 0) is 0 Å². The Kier molecular flexibility index (Phi) is 2.91. The van der Waals surface area contributed by atoms with E-state index in [9.17, 15) is 9.59 Å². The van der Waals surface area contributed by atoms with Crippen LogP contribution in [0.5, 0.6) is 0 Å². The van der Waals surface area contributed by atoms with Gasteiger partial charge in [0.1, 0.15) is 0 Å². The topological polar surface area (TPSA) is 34.1 Å². The summed E-state index contributed by atoms with van der Waals surface area (Å²) in [6.07, 6.45) is 0. The first-order chi connectivity index (χ1) is 7.18. The van der Waals surface area contributed by atoms with Crippen molar-refractivity contribution in [3.63, 3.8) is 0 Å². The number of ketones is 2. The molecule has 1 saturated heterocycles. The largest absolute Gasteiger partial charge is 0.295 e. The maximum Gasteiger partial charge on any atom is 0.167 e. The lowest BCUT2D eigenvalue weighted by atomic mass is 9.98. The molecule has 1 aliphatic heterocycles. The average molecular weight is 220 g/mol. The molecule has 0 saturated carbocycles. The van der Waals surface area contributed by atoms with E-state index in [1.165, 1.54) is 6.92 Å². The number of hydrogen-bond acceptors (Lipinski definition) is 3.